The quantitative estimate of drug-likeness (QED) is 0.622. The van der Waals surface area contributed by atoms with Crippen LogP contribution in [0.5, 0.6) is 0 Å². The molecule has 0 bridgehead atoms. The van der Waals surface area contributed by atoms with E-state index in [2.05, 4.69) is 36.0 Å². The number of fused-ring (bicyclic) bond motifs is 1. The van der Waals surface area contributed by atoms with E-state index >= 15 is 0 Å². The average molecular weight is 414 g/mol. The summed E-state index contributed by atoms with van der Waals surface area (Å²) in [7, 11) is 1.80. The molecule has 0 atom stereocenters. The number of morpholine rings is 1. The van der Waals surface area contributed by atoms with Crippen molar-refractivity contribution >= 4 is 32.6 Å². The van der Waals surface area contributed by atoms with E-state index in [1.807, 2.05) is 4.90 Å². The van der Waals surface area contributed by atoms with Crippen molar-refractivity contribution in [2.75, 3.05) is 44.3 Å². The van der Waals surface area contributed by atoms with Crippen molar-refractivity contribution in [3.8, 4) is 0 Å². The van der Waals surface area contributed by atoms with Crippen LogP contribution < -0.4 is 4.90 Å². The molecule has 0 N–H and O–H groups in total. The normalized spacial score (nSPS) is 15.1. The highest BCUT2D eigenvalue weighted by atomic mass is 32.1. The third-order valence-electron chi connectivity index (χ3n) is 5.41. The molecule has 7 nitrogen and oxygen atoms in total. The Hall–Kier alpha value is -2.29. The van der Waals surface area contributed by atoms with Gasteiger partial charge in [0.05, 0.1) is 23.4 Å². The Morgan fingerprint density at radius 2 is 1.97 bits per heavy atom. The second kappa shape index (κ2) is 8.61. The molecule has 2 aromatic heterocycles. The number of hydrogen-bond donors (Lipinski definition) is 0. The van der Waals surface area contributed by atoms with E-state index in [0.717, 1.165) is 60.2 Å². The standard InChI is InChI=1S/C21H27N5O2S/c1-15-5-6-16(2)19-18(15)23-21(29-19)26(20(27)17-7-8-22-24(17)3)10-4-9-25-11-13-28-14-12-25/h5-8H,4,9-14H2,1-3H3. The SMILES string of the molecule is Cc1ccc(C)c2sc(N(CCCN3CCOCC3)C(=O)c3ccnn3C)nc12. The molecule has 0 aliphatic carbocycles. The molecule has 0 saturated carbocycles. The van der Waals surface area contributed by atoms with Gasteiger partial charge in [-0.1, -0.05) is 23.5 Å². The zero-order chi connectivity index (χ0) is 20.4. The molecule has 1 aromatic carbocycles. The summed E-state index contributed by atoms with van der Waals surface area (Å²) in [5, 5.41) is 4.92. The van der Waals surface area contributed by atoms with Crippen molar-refractivity contribution in [3.63, 3.8) is 0 Å². The monoisotopic (exact) mass is 413 g/mol. The van der Waals surface area contributed by atoms with Gasteiger partial charge in [0, 0.05) is 39.4 Å². The number of ether oxygens (including phenoxy) is 1. The zero-order valence-electron chi connectivity index (χ0n) is 17.2. The molecular formula is C21H27N5O2S. The Balaban J connectivity index is 1.61. The molecule has 154 valence electrons. The van der Waals surface area contributed by atoms with Crippen molar-refractivity contribution in [2.24, 2.45) is 7.05 Å². The van der Waals surface area contributed by atoms with E-state index in [1.165, 1.54) is 5.56 Å². The van der Waals surface area contributed by atoms with Crippen LogP contribution in [-0.4, -0.2) is 65.0 Å². The van der Waals surface area contributed by atoms with Crippen LogP contribution >= 0.6 is 11.3 Å². The maximum absolute atomic E-state index is 13.4. The van der Waals surface area contributed by atoms with Crippen LogP contribution in [0.3, 0.4) is 0 Å². The largest absolute Gasteiger partial charge is 0.379 e. The van der Waals surface area contributed by atoms with Crippen molar-refractivity contribution in [1.82, 2.24) is 19.7 Å². The van der Waals surface area contributed by atoms with E-state index in [9.17, 15) is 4.79 Å². The van der Waals surface area contributed by atoms with E-state index in [-0.39, 0.29) is 5.91 Å². The number of anilines is 1. The van der Waals surface area contributed by atoms with Gasteiger partial charge in [0.25, 0.3) is 5.91 Å². The van der Waals surface area contributed by atoms with Crippen LogP contribution in [-0.2, 0) is 11.8 Å². The van der Waals surface area contributed by atoms with Crippen molar-refractivity contribution < 1.29 is 9.53 Å². The number of rotatable bonds is 6. The summed E-state index contributed by atoms with van der Waals surface area (Å²) in [5.74, 6) is -0.0543. The lowest BCUT2D eigenvalue weighted by molar-refractivity contribution is 0.0376. The molecule has 8 heteroatoms. The fraction of sp³-hybridized carbons (Fsp3) is 0.476. The van der Waals surface area contributed by atoms with Gasteiger partial charge in [-0.2, -0.15) is 5.10 Å². The lowest BCUT2D eigenvalue weighted by Crippen LogP contribution is -2.39. The molecule has 3 heterocycles. The summed E-state index contributed by atoms with van der Waals surface area (Å²) in [6.07, 6.45) is 2.54. The molecule has 1 aliphatic heterocycles. The second-order valence-electron chi connectivity index (χ2n) is 7.48. The summed E-state index contributed by atoms with van der Waals surface area (Å²) in [4.78, 5) is 22.4. The molecular weight excluding hydrogens is 386 g/mol. The molecule has 1 saturated heterocycles. The summed E-state index contributed by atoms with van der Waals surface area (Å²) in [5.41, 5.74) is 3.88. The van der Waals surface area contributed by atoms with Gasteiger partial charge in [0.15, 0.2) is 5.13 Å². The fourth-order valence-electron chi connectivity index (χ4n) is 3.65. The van der Waals surface area contributed by atoms with Crippen LogP contribution in [0.1, 0.15) is 28.0 Å². The minimum absolute atomic E-state index is 0.0543. The van der Waals surface area contributed by atoms with Crippen molar-refractivity contribution in [3.05, 3.63) is 41.2 Å². The molecule has 0 spiro atoms. The fourth-order valence-corrected chi connectivity index (χ4v) is 4.78. The Bertz CT molecular complexity index is 967. The van der Waals surface area contributed by atoms with Gasteiger partial charge in [0.1, 0.15) is 5.69 Å². The molecule has 29 heavy (non-hydrogen) atoms. The number of carbonyl (C=O) groups is 1. The van der Waals surface area contributed by atoms with Gasteiger partial charge in [-0.05, 0) is 37.5 Å². The molecule has 4 rings (SSSR count). The third kappa shape index (κ3) is 4.19. The maximum Gasteiger partial charge on any atom is 0.278 e. The van der Waals surface area contributed by atoms with Gasteiger partial charge in [-0.3, -0.25) is 19.3 Å². The Morgan fingerprint density at radius 3 is 2.66 bits per heavy atom. The number of hydrogen-bond acceptors (Lipinski definition) is 6. The lowest BCUT2D eigenvalue weighted by Gasteiger charge is -2.27. The predicted molar refractivity (Wildman–Crippen MR) is 116 cm³/mol. The van der Waals surface area contributed by atoms with E-state index < -0.39 is 0 Å². The Kier molecular flexibility index (Phi) is 5.94. The van der Waals surface area contributed by atoms with Gasteiger partial charge in [0.2, 0.25) is 0 Å². The van der Waals surface area contributed by atoms with Crippen molar-refractivity contribution in [2.45, 2.75) is 20.3 Å². The highest BCUT2D eigenvalue weighted by Crippen LogP contribution is 2.33. The van der Waals surface area contributed by atoms with Gasteiger partial charge in [-0.25, -0.2) is 4.98 Å². The van der Waals surface area contributed by atoms with Gasteiger partial charge < -0.3 is 4.74 Å². The van der Waals surface area contributed by atoms with Gasteiger partial charge in [-0.15, -0.1) is 0 Å². The minimum Gasteiger partial charge on any atom is -0.379 e. The maximum atomic E-state index is 13.4. The van der Waals surface area contributed by atoms with Crippen LogP contribution in [0.4, 0.5) is 5.13 Å². The number of benzene rings is 1. The number of aryl methyl sites for hydroxylation is 3. The first-order valence-electron chi connectivity index (χ1n) is 10.0. The Morgan fingerprint density at radius 1 is 1.21 bits per heavy atom. The first-order valence-corrected chi connectivity index (χ1v) is 10.8. The van der Waals surface area contributed by atoms with Crippen LogP contribution in [0.15, 0.2) is 24.4 Å². The van der Waals surface area contributed by atoms with Crippen LogP contribution in [0.25, 0.3) is 10.2 Å². The van der Waals surface area contributed by atoms with Crippen LogP contribution in [0, 0.1) is 13.8 Å². The number of thiazole rings is 1. The number of aromatic nitrogens is 3. The Labute approximate surface area is 174 Å². The van der Waals surface area contributed by atoms with E-state index in [4.69, 9.17) is 9.72 Å². The minimum atomic E-state index is -0.0543. The lowest BCUT2D eigenvalue weighted by atomic mass is 10.1. The number of amides is 1. The molecule has 3 aromatic rings. The summed E-state index contributed by atoms with van der Waals surface area (Å²) >= 11 is 1.59. The number of carbonyl (C=O) groups excluding carboxylic acids is 1. The van der Waals surface area contributed by atoms with Crippen molar-refractivity contribution in [1.29, 1.82) is 0 Å². The summed E-state index contributed by atoms with van der Waals surface area (Å²) < 4.78 is 8.20. The number of nitrogens with zero attached hydrogens (tertiary/aromatic N) is 5. The topological polar surface area (TPSA) is 63.5 Å². The predicted octanol–water partition coefficient (Wildman–Crippen LogP) is 3.02. The van der Waals surface area contributed by atoms with E-state index in [1.54, 1.807) is 35.3 Å². The molecule has 1 aliphatic rings. The molecule has 1 fully saturated rings. The smallest absolute Gasteiger partial charge is 0.278 e. The first-order chi connectivity index (χ1) is 14.0. The third-order valence-corrected chi connectivity index (χ3v) is 6.62. The van der Waals surface area contributed by atoms with Gasteiger partial charge >= 0.3 is 0 Å². The highest BCUT2D eigenvalue weighted by molar-refractivity contribution is 7.22. The highest BCUT2D eigenvalue weighted by Gasteiger charge is 2.24. The summed E-state index contributed by atoms with van der Waals surface area (Å²) in [6, 6.07) is 5.97. The first kappa shape index (κ1) is 20.0. The summed E-state index contributed by atoms with van der Waals surface area (Å²) in [6.45, 7) is 9.21. The molecule has 1 amide bonds. The second-order valence-corrected chi connectivity index (χ2v) is 8.46. The van der Waals surface area contributed by atoms with E-state index in [0.29, 0.717) is 12.2 Å². The molecule has 0 unspecified atom stereocenters. The average Bonchev–Trinajstić information content (AvgIpc) is 3.36. The molecule has 0 radical (unpaired) electrons. The van der Waals surface area contributed by atoms with Crippen LogP contribution in [0.2, 0.25) is 0 Å². The zero-order valence-corrected chi connectivity index (χ0v) is 18.0.